The predicted molar refractivity (Wildman–Crippen MR) is 62.4 cm³/mol. The van der Waals surface area contributed by atoms with Crippen LogP contribution in [0.5, 0.6) is 0 Å². The zero-order chi connectivity index (χ0) is 10.7. The molecular weight excluding hydrogens is 206 g/mol. The lowest BCUT2D eigenvalue weighted by Gasteiger charge is -1.99. The van der Waals surface area contributed by atoms with Gasteiger partial charge in [0.15, 0.2) is 0 Å². The highest BCUT2D eigenvalue weighted by molar-refractivity contribution is 7.71. The molecule has 0 amide bonds. The van der Waals surface area contributed by atoms with Crippen molar-refractivity contribution in [1.82, 2.24) is 15.2 Å². The van der Waals surface area contributed by atoms with Crippen LogP contribution in [0.25, 0.3) is 0 Å². The van der Waals surface area contributed by atoms with Crippen molar-refractivity contribution < 1.29 is 0 Å². The topological polar surface area (TPSA) is 44.5 Å². The molecule has 15 heavy (non-hydrogen) atoms. The highest BCUT2D eigenvalue weighted by atomic mass is 32.1. The summed E-state index contributed by atoms with van der Waals surface area (Å²) in [6.45, 7) is 2.09. The van der Waals surface area contributed by atoms with E-state index in [1.54, 1.807) is 0 Å². The number of hydrogen-bond acceptors (Lipinski definition) is 2. The Morgan fingerprint density at radius 3 is 2.47 bits per heavy atom. The predicted octanol–water partition coefficient (Wildman–Crippen LogP) is 2.56. The maximum absolute atomic E-state index is 4.88. The normalized spacial score (nSPS) is 10.5. The molecule has 1 heterocycles. The van der Waals surface area contributed by atoms with Gasteiger partial charge < -0.3 is 0 Å². The van der Waals surface area contributed by atoms with Gasteiger partial charge in [-0.2, -0.15) is 0 Å². The van der Waals surface area contributed by atoms with Crippen molar-refractivity contribution in [2.45, 2.75) is 19.8 Å². The Hall–Kier alpha value is -1.42. The minimum Gasteiger partial charge on any atom is -0.286 e. The van der Waals surface area contributed by atoms with Gasteiger partial charge in [0.1, 0.15) is 5.82 Å². The van der Waals surface area contributed by atoms with Crippen LogP contribution >= 0.6 is 12.2 Å². The lowest BCUT2D eigenvalue weighted by Crippen LogP contribution is -1.93. The first-order valence-electron chi connectivity index (χ1n) is 4.93. The van der Waals surface area contributed by atoms with Crippen molar-refractivity contribution in [2.24, 2.45) is 0 Å². The van der Waals surface area contributed by atoms with E-state index in [2.05, 4.69) is 46.4 Å². The molecule has 0 aliphatic rings. The molecule has 0 aliphatic carbocycles. The second kappa shape index (κ2) is 4.40. The molecule has 1 aromatic carbocycles. The molecule has 0 bridgehead atoms. The van der Waals surface area contributed by atoms with Gasteiger partial charge in [-0.3, -0.25) is 10.2 Å². The number of nitrogens with one attached hydrogen (secondary N) is 2. The molecule has 2 rings (SSSR count). The van der Waals surface area contributed by atoms with Crippen LogP contribution in [0.2, 0.25) is 0 Å². The second-order valence-corrected chi connectivity index (χ2v) is 3.99. The Bertz CT molecular complexity index is 481. The van der Waals surface area contributed by atoms with E-state index in [-0.39, 0.29) is 0 Å². The van der Waals surface area contributed by atoms with Crippen LogP contribution in [0.3, 0.4) is 0 Å². The number of rotatable bonds is 3. The molecule has 4 heteroatoms. The fourth-order valence-electron chi connectivity index (χ4n) is 1.44. The largest absolute Gasteiger partial charge is 0.286 e. The smallest absolute Gasteiger partial charge is 0.213 e. The summed E-state index contributed by atoms with van der Waals surface area (Å²) in [5.74, 6) is 0.917. The van der Waals surface area contributed by atoms with E-state index in [9.17, 15) is 0 Å². The summed E-state index contributed by atoms with van der Waals surface area (Å²) in [6.07, 6.45) is 1.87. The molecule has 0 atom stereocenters. The average molecular weight is 219 g/mol. The summed E-state index contributed by atoms with van der Waals surface area (Å²) in [5.41, 5.74) is 2.61. The number of H-pyrrole nitrogens is 2. The summed E-state index contributed by atoms with van der Waals surface area (Å²) in [6, 6.07) is 8.55. The fraction of sp³-hybridized carbons (Fsp3) is 0.273. The maximum Gasteiger partial charge on any atom is 0.213 e. The Morgan fingerprint density at radius 1 is 1.13 bits per heavy atom. The third kappa shape index (κ3) is 2.76. The second-order valence-electron chi connectivity index (χ2n) is 3.60. The van der Waals surface area contributed by atoms with Crippen LogP contribution in [-0.2, 0) is 12.8 Å². The SMILES string of the molecule is Cc1ccc(CCc2nc(=S)[nH][nH]2)cc1. The highest BCUT2D eigenvalue weighted by Crippen LogP contribution is 2.06. The van der Waals surface area contributed by atoms with Crippen molar-refractivity contribution in [3.05, 3.63) is 46.0 Å². The van der Waals surface area contributed by atoms with E-state index >= 15 is 0 Å². The number of aromatic amines is 2. The Balaban J connectivity index is 1.99. The van der Waals surface area contributed by atoms with Crippen LogP contribution in [0, 0.1) is 11.7 Å². The van der Waals surface area contributed by atoms with Gasteiger partial charge in [-0.05, 0) is 31.1 Å². The van der Waals surface area contributed by atoms with Crippen LogP contribution < -0.4 is 0 Å². The van der Waals surface area contributed by atoms with Crippen LogP contribution in [0.4, 0.5) is 0 Å². The van der Waals surface area contributed by atoms with Crippen molar-refractivity contribution in [2.75, 3.05) is 0 Å². The molecule has 1 aromatic heterocycles. The lowest BCUT2D eigenvalue weighted by molar-refractivity contribution is 0.864. The quantitative estimate of drug-likeness (QED) is 0.779. The van der Waals surface area contributed by atoms with Gasteiger partial charge in [-0.15, -0.1) is 0 Å². The van der Waals surface area contributed by atoms with Crippen molar-refractivity contribution in [3.63, 3.8) is 0 Å². The van der Waals surface area contributed by atoms with Gasteiger partial charge in [0.2, 0.25) is 4.77 Å². The van der Waals surface area contributed by atoms with Crippen LogP contribution in [0.15, 0.2) is 24.3 Å². The van der Waals surface area contributed by atoms with E-state index in [1.165, 1.54) is 11.1 Å². The first kappa shape index (κ1) is 10.1. The van der Waals surface area contributed by atoms with Gasteiger partial charge in [-0.1, -0.05) is 29.8 Å². The average Bonchev–Trinajstić information content (AvgIpc) is 2.64. The fourth-order valence-corrected chi connectivity index (χ4v) is 1.60. The molecule has 2 aromatic rings. The van der Waals surface area contributed by atoms with E-state index in [4.69, 9.17) is 12.2 Å². The van der Waals surface area contributed by atoms with E-state index in [0.29, 0.717) is 4.77 Å². The molecule has 0 radical (unpaired) electrons. The monoisotopic (exact) mass is 219 g/mol. The Kier molecular flexibility index (Phi) is 2.97. The van der Waals surface area contributed by atoms with Gasteiger partial charge in [0, 0.05) is 6.42 Å². The molecule has 0 fully saturated rings. The van der Waals surface area contributed by atoms with E-state index in [0.717, 1.165) is 18.7 Å². The highest BCUT2D eigenvalue weighted by Gasteiger charge is 1.98. The summed E-state index contributed by atoms with van der Waals surface area (Å²) in [5, 5.41) is 5.74. The first-order valence-corrected chi connectivity index (χ1v) is 5.34. The number of aryl methyl sites for hydroxylation is 3. The third-order valence-corrected chi connectivity index (χ3v) is 2.51. The summed E-state index contributed by atoms with van der Waals surface area (Å²) >= 11 is 4.88. The third-order valence-electron chi connectivity index (χ3n) is 2.32. The standard InChI is InChI=1S/C11H13N3S/c1-8-2-4-9(5-3-8)6-7-10-12-11(15)14-13-10/h2-5H,6-7H2,1H3,(H2,12,13,14,15). The van der Waals surface area contributed by atoms with Crippen molar-refractivity contribution >= 4 is 12.2 Å². The Labute approximate surface area is 93.6 Å². The number of hydrogen-bond donors (Lipinski definition) is 2. The maximum atomic E-state index is 4.88. The first-order chi connectivity index (χ1) is 7.24. The summed E-state index contributed by atoms with van der Waals surface area (Å²) in [4.78, 5) is 4.15. The molecule has 0 saturated heterocycles. The van der Waals surface area contributed by atoms with Crippen LogP contribution in [-0.4, -0.2) is 15.2 Å². The molecule has 0 unspecified atom stereocenters. The van der Waals surface area contributed by atoms with E-state index < -0.39 is 0 Å². The zero-order valence-corrected chi connectivity index (χ0v) is 9.40. The van der Waals surface area contributed by atoms with Gasteiger partial charge in [-0.25, -0.2) is 4.98 Å². The minimum absolute atomic E-state index is 0.522. The van der Waals surface area contributed by atoms with Crippen molar-refractivity contribution in [1.29, 1.82) is 0 Å². The molecule has 0 saturated carbocycles. The molecular formula is C11H13N3S. The molecule has 3 nitrogen and oxygen atoms in total. The van der Waals surface area contributed by atoms with Gasteiger partial charge in [0.25, 0.3) is 0 Å². The Morgan fingerprint density at radius 2 is 1.87 bits per heavy atom. The van der Waals surface area contributed by atoms with Crippen molar-refractivity contribution in [3.8, 4) is 0 Å². The van der Waals surface area contributed by atoms with Gasteiger partial charge >= 0.3 is 0 Å². The van der Waals surface area contributed by atoms with Crippen LogP contribution in [0.1, 0.15) is 17.0 Å². The van der Waals surface area contributed by atoms with Gasteiger partial charge in [0.05, 0.1) is 0 Å². The number of aromatic nitrogens is 3. The minimum atomic E-state index is 0.522. The lowest BCUT2D eigenvalue weighted by atomic mass is 10.1. The molecule has 0 aliphatic heterocycles. The number of nitrogens with zero attached hydrogens (tertiary/aromatic N) is 1. The van der Waals surface area contributed by atoms with E-state index in [1.807, 2.05) is 0 Å². The molecule has 0 spiro atoms. The number of benzene rings is 1. The summed E-state index contributed by atoms with van der Waals surface area (Å²) < 4.78 is 0.522. The molecule has 78 valence electrons. The zero-order valence-electron chi connectivity index (χ0n) is 8.58. The summed E-state index contributed by atoms with van der Waals surface area (Å²) in [7, 11) is 0. The molecule has 2 N–H and O–H groups in total.